The molecule has 38 heavy (non-hydrogen) atoms. The maximum atomic E-state index is 12.9. The van der Waals surface area contributed by atoms with Gasteiger partial charge in [0.15, 0.2) is 6.79 Å². The van der Waals surface area contributed by atoms with E-state index >= 15 is 0 Å². The van der Waals surface area contributed by atoms with Gasteiger partial charge in [0, 0.05) is 19.6 Å². The van der Waals surface area contributed by atoms with Crippen molar-refractivity contribution in [3.63, 3.8) is 0 Å². The second kappa shape index (κ2) is 14.4. The van der Waals surface area contributed by atoms with Crippen LogP contribution in [0.15, 0.2) is 72.8 Å². The summed E-state index contributed by atoms with van der Waals surface area (Å²) in [5.74, 6) is -1.42. The van der Waals surface area contributed by atoms with E-state index in [2.05, 4.69) is 12.1 Å². The summed E-state index contributed by atoms with van der Waals surface area (Å²) >= 11 is 0. The van der Waals surface area contributed by atoms with Crippen LogP contribution in [0, 0.1) is 0 Å². The van der Waals surface area contributed by atoms with Crippen LogP contribution in [0.2, 0.25) is 0 Å². The number of aliphatic hydroxyl groups is 1. The minimum Gasteiger partial charge on any atom is -0.493 e. The molecule has 3 aromatic rings. The van der Waals surface area contributed by atoms with Gasteiger partial charge >= 0.3 is 6.18 Å². The molecule has 0 aliphatic rings. The second-order valence-electron chi connectivity index (χ2n) is 8.55. The molecule has 0 radical (unpaired) electrons. The van der Waals surface area contributed by atoms with Crippen LogP contribution < -0.4 is 14.2 Å². The van der Waals surface area contributed by atoms with Crippen molar-refractivity contribution in [1.29, 1.82) is 0 Å². The number of ketones is 1. The number of aliphatic hydroxyl groups excluding tert-OH is 1. The zero-order valence-corrected chi connectivity index (χ0v) is 21.1. The first-order valence-corrected chi connectivity index (χ1v) is 12.2. The minimum absolute atomic E-state index is 0.220. The molecule has 0 amide bonds. The molecule has 0 fully saturated rings. The van der Waals surface area contributed by atoms with Crippen LogP contribution in [0.5, 0.6) is 17.2 Å². The summed E-state index contributed by atoms with van der Waals surface area (Å²) in [4.78, 5) is 11.7. The lowest BCUT2D eigenvalue weighted by molar-refractivity contribution is -0.0888. The van der Waals surface area contributed by atoms with E-state index in [-0.39, 0.29) is 24.9 Å². The Bertz CT molecular complexity index is 1150. The molecule has 3 rings (SSSR count). The number of carbonyl (C=O) groups is 1. The van der Waals surface area contributed by atoms with E-state index in [4.69, 9.17) is 18.9 Å². The molecule has 9 heteroatoms. The van der Waals surface area contributed by atoms with E-state index in [1.807, 2.05) is 36.4 Å². The molecule has 0 heterocycles. The zero-order valence-electron chi connectivity index (χ0n) is 21.1. The lowest BCUT2D eigenvalue weighted by Gasteiger charge is -2.14. The van der Waals surface area contributed by atoms with E-state index in [9.17, 15) is 23.1 Å². The molecular formula is C29H31F3O6. The fraction of sp³-hybridized carbons (Fsp3) is 0.345. The van der Waals surface area contributed by atoms with Gasteiger partial charge in [0.05, 0.1) is 24.9 Å². The third-order valence-corrected chi connectivity index (χ3v) is 5.64. The zero-order chi connectivity index (χ0) is 27.4. The monoisotopic (exact) mass is 532 g/mol. The molecule has 0 aliphatic heterocycles. The highest BCUT2D eigenvalue weighted by Crippen LogP contribution is 2.31. The second-order valence-corrected chi connectivity index (χ2v) is 8.55. The molecule has 204 valence electrons. The Labute approximate surface area is 219 Å². The number of ether oxygens (including phenoxy) is 4. The van der Waals surface area contributed by atoms with Gasteiger partial charge < -0.3 is 24.1 Å². The number of hydrogen-bond donors (Lipinski definition) is 1. The average molecular weight is 533 g/mol. The topological polar surface area (TPSA) is 74.2 Å². The van der Waals surface area contributed by atoms with Gasteiger partial charge in [-0.2, -0.15) is 13.2 Å². The standard InChI is InChI=1S/C29H31F3O6/c1-35-20-38-27-19-24(14-15-25(27)28(34)29(30,31)32)37-17-7-16-36-23-12-6-11-22(18-23)26(33)13-5-10-21-8-3-2-4-9-21/h2-4,6,8-9,11-12,14-15,18-19,26,33H,5,7,10,13,16-17,20H2,1H3. The fourth-order valence-electron chi connectivity index (χ4n) is 3.74. The first kappa shape index (κ1) is 29.0. The van der Waals surface area contributed by atoms with Crippen molar-refractivity contribution in [3.8, 4) is 17.2 Å². The summed E-state index contributed by atoms with van der Waals surface area (Å²) in [6, 6.07) is 20.9. The first-order chi connectivity index (χ1) is 18.3. The molecular weight excluding hydrogens is 501 g/mol. The van der Waals surface area contributed by atoms with Crippen molar-refractivity contribution in [2.75, 3.05) is 27.1 Å². The largest absolute Gasteiger partial charge is 0.493 e. The third-order valence-electron chi connectivity index (χ3n) is 5.64. The van der Waals surface area contributed by atoms with E-state index in [0.29, 0.717) is 25.2 Å². The number of benzene rings is 3. The van der Waals surface area contributed by atoms with Crippen molar-refractivity contribution in [2.24, 2.45) is 0 Å². The Morgan fingerprint density at radius 2 is 1.58 bits per heavy atom. The van der Waals surface area contributed by atoms with Crippen molar-refractivity contribution in [3.05, 3.63) is 89.5 Å². The number of methoxy groups -OCH3 is 1. The highest BCUT2D eigenvalue weighted by atomic mass is 19.4. The molecule has 0 saturated heterocycles. The molecule has 1 unspecified atom stereocenters. The predicted octanol–water partition coefficient (Wildman–Crippen LogP) is 6.32. The molecule has 1 atom stereocenters. The molecule has 1 N–H and O–H groups in total. The van der Waals surface area contributed by atoms with Gasteiger partial charge in [0.2, 0.25) is 0 Å². The van der Waals surface area contributed by atoms with Gasteiger partial charge in [-0.05, 0) is 54.7 Å². The van der Waals surface area contributed by atoms with Gasteiger partial charge in [-0.1, -0.05) is 42.5 Å². The minimum atomic E-state index is -5.03. The van der Waals surface area contributed by atoms with E-state index < -0.39 is 23.6 Å². The maximum absolute atomic E-state index is 12.9. The molecule has 0 saturated carbocycles. The number of Topliss-reactive ketones (excluding diaryl/α,β-unsaturated/α-hetero) is 1. The number of carbonyl (C=O) groups excluding carboxylic acids is 1. The molecule has 0 aromatic heterocycles. The predicted molar refractivity (Wildman–Crippen MR) is 136 cm³/mol. The van der Waals surface area contributed by atoms with Gasteiger partial charge in [-0.15, -0.1) is 0 Å². The molecule has 3 aromatic carbocycles. The van der Waals surface area contributed by atoms with Gasteiger partial charge in [0.25, 0.3) is 5.78 Å². The summed E-state index contributed by atoms with van der Waals surface area (Å²) in [6.07, 6.45) is -2.74. The molecule has 6 nitrogen and oxygen atoms in total. The lowest BCUT2D eigenvalue weighted by atomic mass is 10.0. The Morgan fingerprint density at radius 1 is 0.868 bits per heavy atom. The number of rotatable bonds is 15. The number of halogens is 3. The molecule has 0 bridgehead atoms. The van der Waals surface area contributed by atoms with E-state index in [1.165, 1.54) is 24.8 Å². The Morgan fingerprint density at radius 3 is 2.26 bits per heavy atom. The van der Waals surface area contributed by atoms with Crippen LogP contribution in [0.3, 0.4) is 0 Å². The molecule has 0 aliphatic carbocycles. The van der Waals surface area contributed by atoms with Crippen molar-refractivity contribution in [1.82, 2.24) is 0 Å². The summed E-state index contributed by atoms with van der Waals surface area (Å²) in [5, 5.41) is 10.6. The summed E-state index contributed by atoms with van der Waals surface area (Å²) in [6.45, 7) is 0.222. The molecule has 0 spiro atoms. The van der Waals surface area contributed by atoms with Crippen molar-refractivity contribution in [2.45, 2.75) is 38.0 Å². The number of aryl methyl sites for hydroxylation is 1. The third kappa shape index (κ3) is 9.08. The van der Waals surface area contributed by atoms with Gasteiger partial charge in [-0.25, -0.2) is 0 Å². The highest BCUT2D eigenvalue weighted by Gasteiger charge is 2.41. The van der Waals surface area contributed by atoms with Crippen LogP contribution in [0.4, 0.5) is 13.2 Å². The summed E-state index contributed by atoms with van der Waals surface area (Å²) in [5.41, 5.74) is 1.40. The Balaban J connectivity index is 1.45. The average Bonchev–Trinajstić information content (AvgIpc) is 2.91. The van der Waals surface area contributed by atoms with Crippen LogP contribution in [-0.4, -0.2) is 44.2 Å². The lowest BCUT2D eigenvalue weighted by Crippen LogP contribution is -2.23. The summed E-state index contributed by atoms with van der Waals surface area (Å²) < 4.78 is 59.8. The summed E-state index contributed by atoms with van der Waals surface area (Å²) in [7, 11) is 1.31. The van der Waals surface area contributed by atoms with Crippen LogP contribution >= 0.6 is 0 Å². The van der Waals surface area contributed by atoms with Gasteiger partial charge in [-0.3, -0.25) is 4.79 Å². The Kier molecular flexibility index (Phi) is 11.0. The number of alkyl halides is 3. The van der Waals surface area contributed by atoms with E-state index in [1.54, 1.807) is 6.07 Å². The van der Waals surface area contributed by atoms with Crippen molar-refractivity contribution >= 4 is 5.78 Å². The highest BCUT2D eigenvalue weighted by molar-refractivity contribution is 6.02. The van der Waals surface area contributed by atoms with E-state index in [0.717, 1.165) is 24.5 Å². The van der Waals surface area contributed by atoms with Crippen LogP contribution in [-0.2, 0) is 11.2 Å². The van der Waals surface area contributed by atoms with Gasteiger partial charge in [0.1, 0.15) is 17.2 Å². The normalized spacial score (nSPS) is 12.1. The first-order valence-electron chi connectivity index (χ1n) is 12.2. The number of hydrogen-bond acceptors (Lipinski definition) is 6. The Hall–Kier alpha value is -3.56. The quantitative estimate of drug-likeness (QED) is 0.140. The van der Waals surface area contributed by atoms with Crippen LogP contribution in [0.25, 0.3) is 0 Å². The fourth-order valence-corrected chi connectivity index (χ4v) is 3.74. The van der Waals surface area contributed by atoms with Crippen molar-refractivity contribution < 1.29 is 42.0 Å². The van der Waals surface area contributed by atoms with Crippen LogP contribution in [0.1, 0.15) is 46.9 Å². The smallest absolute Gasteiger partial charge is 0.455 e. The SMILES string of the molecule is COCOc1cc(OCCCOc2cccc(C(O)CCCc3ccccc3)c2)ccc1C(=O)C(F)(F)F. The maximum Gasteiger partial charge on any atom is 0.455 e.